The van der Waals surface area contributed by atoms with Crippen molar-refractivity contribution in [2.75, 3.05) is 66.8 Å². The van der Waals surface area contributed by atoms with Crippen molar-refractivity contribution in [1.82, 2.24) is 9.97 Å². The Morgan fingerprint density at radius 2 is 1.47 bits per heavy atom. The molecule has 7 nitrogen and oxygen atoms in total. The lowest BCUT2D eigenvalue weighted by molar-refractivity contribution is 0.636. The quantitative estimate of drug-likeness (QED) is 0.724. The molecule has 0 aliphatic carbocycles. The Balaban J connectivity index is 0.000000686. The van der Waals surface area contributed by atoms with Crippen LogP contribution in [0.4, 0.5) is 17.5 Å². The number of fused-ring (bicyclic) bond motifs is 1. The van der Waals surface area contributed by atoms with Gasteiger partial charge in [-0.25, -0.2) is 4.98 Å². The van der Waals surface area contributed by atoms with E-state index in [0.717, 1.165) is 73.1 Å². The number of nitrogens with zero attached hydrogens (tertiary/aromatic N) is 5. The SMILES string of the molecule is CC.CN.O=S1CCc2nc(N3CCN(c4ccc(Cl)cc4)CC3)nc(N3CCCC3)c21. The predicted molar refractivity (Wildman–Crippen MR) is 136 cm³/mol. The van der Waals surface area contributed by atoms with Crippen molar-refractivity contribution in [3.63, 3.8) is 0 Å². The van der Waals surface area contributed by atoms with E-state index in [1.165, 1.54) is 25.6 Å². The van der Waals surface area contributed by atoms with Gasteiger partial charge in [0.05, 0.1) is 16.5 Å². The number of nitrogens with two attached hydrogens (primary N) is 1. The molecule has 2 N–H and O–H groups in total. The van der Waals surface area contributed by atoms with Crippen molar-refractivity contribution < 1.29 is 4.21 Å². The van der Waals surface area contributed by atoms with E-state index in [2.05, 4.69) is 32.6 Å². The third kappa shape index (κ3) is 5.35. The van der Waals surface area contributed by atoms with E-state index >= 15 is 0 Å². The molecule has 0 radical (unpaired) electrons. The highest BCUT2D eigenvalue weighted by molar-refractivity contribution is 7.85. The lowest BCUT2D eigenvalue weighted by atomic mass is 10.2. The number of piperazine rings is 1. The summed E-state index contributed by atoms with van der Waals surface area (Å²) in [5.74, 6) is 2.40. The number of hydrogen-bond acceptors (Lipinski definition) is 7. The Kier molecular flexibility index (Phi) is 9.13. The summed E-state index contributed by atoms with van der Waals surface area (Å²) in [5, 5.41) is 0.765. The molecule has 5 rings (SSSR count). The van der Waals surface area contributed by atoms with Gasteiger partial charge >= 0.3 is 0 Å². The number of hydrogen-bond donors (Lipinski definition) is 1. The minimum absolute atomic E-state index is 0.679. The maximum atomic E-state index is 12.5. The van der Waals surface area contributed by atoms with Crippen LogP contribution < -0.4 is 20.4 Å². The zero-order chi connectivity index (χ0) is 23.1. The molecular formula is C23H35ClN6OS. The van der Waals surface area contributed by atoms with Crippen LogP contribution in [0.2, 0.25) is 5.02 Å². The van der Waals surface area contributed by atoms with Gasteiger partial charge in [0.15, 0.2) is 5.82 Å². The monoisotopic (exact) mass is 478 g/mol. The van der Waals surface area contributed by atoms with Crippen molar-refractivity contribution in [2.45, 2.75) is 38.0 Å². The van der Waals surface area contributed by atoms with Gasteiger partial charge in [-0.1, -0.05) is 25.4 Å². The van der Waals surface area contributed by atoms with E-state index in [9.17, 15) is 4.21 Å². The van der Waals surface area contributed by atoms with Crippen LogP contribution in [0, 0.1) is 0 Å². The molecule has 1 atom stereocenters. The normalized spacial score (nSPS) is 19.7. The van der Waals surface area contributed by atoms with Gasteiger partial charge < -0.3 is 20.4 Å². The van der Waals surface area contributed by atoms with Gasteiger partial charge in [-0.2, -0.15) is 4.98 Å². The highest BCUT2D eigenvalue weighted by Gasteiger charge is 2.31. The van der Waals surface area contributed by atoms with Crippen molar-refractivity contribution in [1.29, 1.82) is 0 Å². The summed E-state index contributed by atoms with van der Waals surface area (Å²) in [4.78, 5) is 17.6. The predicted octanol–water partition coefficient (Wildman–Crippen LogP) is 3.32. The summed E-state index contributed by atoms with van der Waals surface area (Å²) >= 11 is 6.01. The van der Waals surface area contributed by atoms with E-state index < -0.39 is 10.8 Å². The molecule has 2 fully saturated rings. The maximum absolute atomic E-state index is 12.5. The summed E-state index contributed by atoms with van der Waals surface area (Å²) < 4.78 is 12.5. The Labute approximate surface area is 199 Å². The lowest BCUT2D eigenvalue weighted by Crippen LogP contribution is -2.47. The molecule has 0 bridgehead atoms. The Morgan fingerprint density at radius 3 is 2.09 bits per heavy atom. The zero-order valence-corrected chi connectivity index (χ0v) is 21.0. The Bertz CT molecular complexity index is 896. The molecule has 4 heterocycles. The molecule has 32 heavy (non-hydrogen) atoms. The van der Waals surface area contributed by atoms with Crippen LogP contribution in [-0.4, -0.2) is 66.2 Å². The number of aryl methyl sites for hydroxylation is 1. The molecule has 9 heteroatoms. The molecule has 1 aromatic carbocycles. The van der Waals surface area contributed by atoms with Gasteiger partial charge in [-0.15, -0.1) is 0 Å². The Morgan fingerprint density at radius 1 is 0.875 bits per heavy atom. The fraction of sp³-hybridized carbons (Fsp3) is 0.565. The molecule has 0 spiro atoms. The summed E-state index contributed by atoms with van der Waals surface area (Å²) in [6.07, 6.45) is 3.16. The fourth-order valence-electron chi connectivity index (χ4n) is 4.27. The van der Waals surface area contributed by atoms with Gasteiger partial charge in [-0.05, 0) is 44.2 Å². The smallest absolute Gasteiger partial charge is 0.227 e. The van der Waals surface area contributed by atoms with Gasteiger partial charge in [0.2, 0.25) is 5.95 Å². The van der Waals surface area contributed by atoms with Crippen LogP contribution in [0.5, 0.6) is 0 Å². The number of halogens is 1. The number of rotatable bonds is 3. The molecule has 176 valence electrons. The van der Waals surface area contributed by atoms with Gasteiger partial charge in [-0.3, -0.25) is 4.21 Å². The maximum Gasteiger partial charge on any atom is 0.227 e. The van der Waals surface area contributed by atoms with Crippen molar-refractivity contribution in [3.8, 4) is 0 Å². The van der Waals surface area contributed by atoms with E-state index in [-0.39, 0.29) is 0 Å². The first-order valence-electron chi connectivity index (χ1n) is 11.6. The van der Waals surface area contributed by atoms with Crippen LogP contribution in [0.25, 0.3) is 0 Å². The number of benzene rings is 1. The summed E-state index contributed by atoms with van der Waals surface area (Å²) in [7, 11) is 0.545. The molecule has 2 aromatic rings. The first-order chi connectivity index (χ1) is 15.7. The molecule has 1 unspecified atom stereocenters. The third-order valence-electron chi connectivity index (χ3n) is 5.82. The van der Waals surface area contributed by atoms with Crippen LogP contribution in [-0.2, 0) is 17.2 Å². The number of anilines is 3. The second kappa shape index (κ2) is 11.8. The lowest BCUT2D eigenvalue weighted by Gasteiger charge is -2.36. The third-order valence-corrected chi connectivity index (χ3v) is 7.52. The van der Waals surface area contributed by atoms with E-state index in [4.69, 9.17) is 21.6 Å². The molecule has 0 amide bonds. The minimum Gasteiger partial charge on any atom is -0.368 e. The van der Waals surface area contributed by atoms with Gasteiger partial charge in [0, 0.05) is 62.2 Å². The standard InChI is InChI=1S/C20H24ClN5OS.C2H6.CH5N/c21-15-3-5-16(6-4-15)24-10-12-26(13-11-24)20-22-17-7-14-28(27)18(17)19(23-20)25-8-1-2-9-25;2*1-2/h3-6H,1-2,7-14H2;1-2H3;2H2,1H3. The summed E-state index contributed by atoms with van der Waals surface area (Å²) in [5.41, 5.74) is 6.69. The average Bonchev–Trinajstić information content (AvgIpc) is 3.52. The van der Waals surface area contributed by atoms with E-state index in [0.29, 0.717) is 5.75 Å². The number of aromatic nitrogens is 2. The largest absolute Gasteiger partial charge is 0.368 e. The van der Waals surface area contributed by atoms with E-state index in [1.54, 1.807) is 0 Å². The summed E-state index contributed by atoms with van der Waals surface area (Å²) in [6.45, 7) is 9.61. The van der Waals surface area contributed by atoms with Crippen molar-refractivity contribution >= 4 is 39.9 Å². The van der Waals surface area contributed by atoms with E-state index in [1.807, 2.05) is 26.0 Å². The highest BCUT2D eigenvalue weighted by Crippen LogP contribution is 2.34. The van der Waals surface area contributed by atoms with Crippen LogP contribution in [0.1, 0.15) is 32.4 Å². The van der Waals surface area contributed by atoms with Crippen molar-refractivity contribution in [2.24, 2.45) is 5.73 Å². The highest BCUT2D eigenvalue weighted by atomic mass is 35.5. The first-order valence-corrected chi connectivity index (χ1v) is 13.3. The van der Waals surface area contributed by atoms with Crippen LogP contribution in [0.3, 0.4) is 0 Å². The first kappa shape index (κ1) is 24.7. The average molecular weight is 479 g/mol. The Hall–Kier alpha value is -1.90. The summed E-state index contributed by atoms with van der Waals surface area (Å²) in [6, 6.07) is 8.03. The molecule has 0 saturated carbocycles. The van der Waals surface area contributed by atoms with Crippen molar-refractivity contribution in [3.05, 3.63) is 35.0 Å². The second-order valence-electron chi connectivity index (χ2n) is 7.57. The fourth-order valence-corrected chi connectivity index (χ4v) is 5.76. The van der Waals surface area contributed by atoms with Gasteiger partial charge in [0.1, 0.15) is 4.90 Å². The van der Waals surface area contributed by atoms with Crippen LogP contribution >= 0.6 is 11.6 Å². The van der Waals surface area contributed by atoms with Crippen LogP contribution in [0.15, 0.2) is 29.2 Å². The molecule has 3 aliphatic heterocycles. The molecule has 3 aliphatic rings. The topological polar surface area (TPSA) is 78.6 Å². The second-order valence-corrected chi connectivity index (χ2v) is 9.51. The van der Waals surface area contributed by atoms with Gasteiger partial charge in [0.25, 0.3) is 0 Å². The molecular weight excluding hydrogens is 444 g/mol. The molecule has 2 saturated heterocycles. The minimum atomic E-state index is -0.955. The zero-order valence-electron chi connectivity index (χ0n) is 19.4. The molecule has 1 aromatic heterocycles.